The van der Waals surface area contributed by atoms with Crippen LogP contribution in [0.4, 0.5) is 0 Å². The molecule has 2 aromatic carbocycles. The fourth-order valence-corrected chi connectivity index (χ4v) is 0.825. The molecule has 0 atom stereocenters. The van der Waals surface area contributed by atoms with E-state index in [1.54, 1.807) is 0 Å². The number of benzene rings is 2. The molecule has 0 heterocycles. The smallest absolute Gasteiger partial charge is 0.184 e. The topological polar surface area (TPSA) is 0 Å². The van der Waals surface area contributed by atoms with Crippen molar-refractivity contribution in [2.45, 2.75) is 6.92 Å². The third-order valence-corrected chi connectivity index (χ3v) is 1.47. The van der Waals surface area contributed by atoms with Gasteiger partial charge in [0.2, 0.25) is 0 Å². The zero-order chi connectivity index (χ0) is 9.36. The van der Waals surface area contributed by atoms with Crippen molar-refractivity contribution < 1.29 is 17.1 Å². The molecule has 0 saturated carbocycles. The Bertz CT molecular complexity index is 276. The van der Waals surface area contributed by atoms with E-state index in [4.69, 9.17) is 0 Å². The van der Waals surface area contributed by atoms with Crippen molar-refractivity contribution >= 4 is 0 Å². The molecular formula is C13H12Cu. The monoisotopic (exact) mass is 231 g/mol. The minimum absolute atomic E-state index is 0. The molecule has 0 spiro atoms. The van der Waals surface area contributed by atoms with Crippen LogP contribution in [0.2, 0.25) is 0 Å². The van der Waals surface area contributed by atoms with Gasteiger partial charge in [-0.15, -0.1) is 0 Å². The molecule has 14 heavy (non-hydrogen) atoms. The van der Waals surface area contributed by atoms with Gasteiger partial charge in [0.1, 0.15) is 0 Å². The molecule has 0 unspecified atom stereocenters. The summed E-state index contributed by atoms with van der Waals surface area (Å²) in [6.07, 6.45) is 0. The Kier molecular flexibility index (Phi) is 7.92. The van der Waals surface area contributed by atoms with Crippen LogP contribution in [0.5, 0.6) is 0 Å². The molecule has 2 aromatic rings. The van der Waals surface area contributed by atoms with E-state index >= 15 is 0 Å². The SMILES string of the molecule is Cc1[c-]cccc1.[Cu+2].[c-]1ccccc1. The summed E-state index contributed by atoms with van der Waals surface area (Å²) in [6, 6.07) is 23.4. The van der Waals surface area contributed by atoms with E-state index in [0.717, 1.165) is 0 Å². The zero-order valence-corrected chi connectivity index (χ0v) is 8.94. The quantitative estimate of drug-likeness (QED) is 0.482. The average molecular weight is 232 g/mol. The molecule has 0 fully saturated rings. The third kappa shape index (κ3) is 6.47. The van der Waals surface area contributed by atoms with Crippen molar-refractivity contribution in [1.82, 2.24) is 0 Å². The molecule has 2 rings (SSSR count). The summed E-state index contributed by atoms with van der Waals surface area (Å²) in [7, 11) is 0. The maximum Gasteiger partial charge on any atom is 2.00 e. The van der Waals surface area contributed by atoms with Gasteiger partial charge in [0.05, 0.1) is 0 Å². The Labute approximate surface area is 96.5 Å². The van der Waals surface area contributed by atoms with E-state index < -0.39 is 0 Å². The van der Waals surface area contributed by atoms with Crippen LogP contribution in [0.1, 0.15) is 5.56 Å². The van der Waals surface area contributed by atoms with E-state index in [9.17, 15) is 0 Å². The van der Waals surface area contributed by atoms with Crippen molar-refractivity contribution in [3.8, 4) is 0 Å². The van der Waals surface area contributed by atoms with E-state index in [2.05, 4.69) is 12.1 Å². The van der Waals surface area contributed by atoms with E-state index in [1.165, 1.54) is 5.56 Å². The van der Waals surface area contributed by atoms with Gasteiger partial charge in [-0.2, -0.15) is 72.3 Å². The molecule has 1 heteroatoms. The minimum Gasteiger partial charge on any atom is -0.184 e. The summed E-state index contributed by atoms with van der Waals surface area (Å²) in [6.45, 7) is 2.03. The van der Waals surface area contributed by atoms with Gasteiger partial charge in [-0.3, -0.25) is 0 Å². The maximum atomic E-state index is 3.03. The maximum absolute atomic E-state index is 3.03. The predicted octanol–water partition coefficient (Wildman–Crippen LogP) is 3.28. The normalized spacial score (nSPS) is 7.79. The van der Waals surface area contributed by atoms with Crippen LogP contribution in [-0.4, -0.2) is 0 Å². The molecule has 0 aliphatic rings. The summed E-state index contributed by atoms with van der Waals surface area (Å²) in [5, 5.41) is 0. The van der Waals surface area contributed by atoms with E-state index in [-0.39, 0.29) is 17.1 Å². The first kappa shape index (κ1) is 13.0. The second-order valence-electron chi connectivity index (χ2n) is 2.62. The van der Waals surface area contributed by atoms with Crippen LogP contribution in [0.15, 0.2) is 54.6 Å². The van der Waals surface area contributed by atoms with Crippen LogP contribution in [0.3, 0.4) is 0 Å². The largest absolute Gasteiger partial charge is 2.00 e. The molecule has 0 bridgehead atoms. The first-order valence-corrected chi connectivity index (χ1v) is 4.24. The van der Waals surface area contributed by atoms with Gasteiger partial charge in [0.15, 0.2) is 0 Å². The van der Waals surface area contributed by atoms with Gasteiger partial charge in [0.25, 0.3) is 0 Å². The van der Waals surface area contributed by atoms with Gasteiger partial charge >= 0.3 is 17.1 Å². The van der Waals surface area contributed by atoms with Gasteiger partial charge in [-0.25, -0.2) is 0 Å². The third-order valence-electron chi connectivity index (χ3n) is 1.47. The van der Waals surface area contributed by atoms with Crippen molar-refractivity contribution in [3.05, 3.63) is 72.3 Å². The van der Waals surface area contributed by atoms with Gasteiger partial charge in [0, 0.05) is 0 Å². The standard InChI is InChI=1S/C7H7.C6H5.Cu/c1-7-5-3-2-4-6-7;1-2-4-6-5-3-1;/h2-5H,1H3;1-5H;/q2*-1;+2. The molecule has 0 saturated heterocycles. The molecular weight excluding hydrogens is 220 g/mol. The first-order chi connectivity index (χ1) is 6.39. The number of rotatable bonds is 0. The predicted molar refractivity (Wildman–Crippen MR) is 55.3 cm³/mol. The number of hydrogen-bond acceptors (Lipinski definition) is 0. The molecule has 0 aliphatic heterocycles. The van der Waals surface area contributed by atoms with Gasteiger partial charge in [-0.1, -0.05) is 6.92 Å². The Balaban J connectivity index is 0.000000227. The van der Waals surface area contributed by atoms with Crippen molar-refractivity contribution in [2.75, 3.05) is 0 Å². The molecule has 0 aromatic heterocycles. The van der Waals surface area contributed by atoms with Crippen molar-refractivity contribution in [1.29, 1.82) is 0 Å². The van der Waals surface area contributed by atoms with Gasteiger partial charge in [-0.05, 0) is 0 Å². The Morgan fingerprint density at radius 2 is 1.50 bits per heavy atom. The van der Waals surface area contributed by atoms with Crippen LogP contribution in [0.25, 0.3) is 0 Å². The summed E-state index contributed by atoms with van der Waals surface area (Å²) in [4.78, 5) is 0. The first-order valence-electron chi connectivity index (χ1n) is 4.24. The number of aryl methyl sites for hydroxylation is 1. The molecule has 0 amide bonds. The summed E-state index contributed by atoms with van der Waals surface area (Å²) in [5.74, 6) is 0. The van der Waals surface area contributed by atoms with Crippen LogP contribution < -0.4 is 0 Å². The van der Waals surface area contributed by atoms with Crippen molar-refractivity contribution in [2.24, 2.45) is 0 Å². The van der Waals surface area contributed by atoms with Crippen LogP contribution in [-0.2, 0) is 17.1 Å². The minimum atomic E-state index is 0. The van der Waals surface area contributed by atoms with Crippen molar-refractivity contribution in [3.63, 3.8) is 0 Å². The fraction of sp³-hybridized carbons (Fsp3) is 0.0769. The van der Waals surface area contributed by atoms with E-state index in [0.29, 0.717) is 0 Å². The number of hydrogen-bond donors (Lipinski definition) is 0. The Morgan fingerprint density at radius 1 is 0.857 bits per heavy atom. The molecule has 1 radical (unpaired) electrons. The van der Waals surface area contributed by atoms with Crippen LogP contribution >= 0.6 is 0 Å². The van der Waals surface area contributed by atoms with E-state index in [1.807, 2.05) is 61.5 Å². The second-order valence-corrected chi connectivity index (χ2v) is 2.62. The second kappa shape index (κ2) is 8.55. The molecule has 75 valence electrons. The van der Waals surface area contributed by atoms with Crippen LogP contribution in [0, 0.1) is 19.1 Å². The zero-order valence-electron chi connectivity index (χ0n) is 8.00. The fourth-order valence-electron chi connectivity index (χ4n) is 0.825. The summed E-state index contributed by atoms with van der Waals surface area (Å²) in [5.41, 5.74) is 1.20. The summed E-state index contributed by atoms with van der Waals surface area (Å²) < 4.78 is 0. The molecule has 0 aliphatic carbocycles. The van der Waals surface area contributed by atoms with Gasteiger partial charge < -0.3 is 0 Å². The summed E-state index contributed by atoms with van der Waals surface area (Å²) >= 11 is 0. The Morgan fingerprint density at radius 3 is 1.71 bits per heavy atom. The molecule has 0 nitrogen and oxygen atoms in total. The Hall–Kier alpha value is -1.04. The molecule has 0 N–H and O–H groups in total. The average Bonchev–Trinajstić information content (AvgIpc) is 2.22.